The number of carbonyl (C=O) groups excluding carboxylic acids is 3. The standard InChI is InChI=1S/C29H29ClN4O5/c1-17-11-18(2)13-22(12-17)32-27(35)24-16-20-15-21(30)6-7-23(20)34(24)33-29(37)28(36)31-10-9-19-5-8-25(38-3)26(14-19)39-4/h5-8,11-16H,9-10H2,1-4H3,(H,31,36)(H,32,35)(H,33,37). The number of aromatic nitrogens is 1. The molecule has 4 rings (SSSR count). The number of nitrogens with zero attached hydrogens (tertiary/aromatic N) is 1. The van der Waals surface area contributed by atoms with Crippen molar-refractivity contribution in [2.24, 2.45) is 0 Å². The average molecular weight is 549 g/mol. The van der Waals surface area contributed by atoms with Crippen LogP contribution in [0, 0.1) is 13.8 Å². The number of ether oxygens (including phenoxy) is 2. The first kappa shape index (κ1) is 27.5. The number of carbonyl (C=O) groups is 3. The van der Waals surface area contributed by atoms with E-state index in [-0.39, 0.29) is 12.2 Å². The summed E-state index contributed by atoms with van der Waals surface area (Å²) in [5, 5.41) is 6.57. The van der Waals surface area contributed by atoms with Gasteiger partial charge < -0.3 is 20.1 Å². The second-order valence-electron chi connectivity index (χ2n) is 9.03. The van der Waals surface area contributed by atoms with Gasteiger partial charge in [0.25, 0.3) is 5.91 Å². The highest BCUT2D eigenvalue weighted by Crippen LogP contribution is 2.28. The summed E-state index contributed by atoms with van der Waals surface area (Å²) in [4.78, 5) is 38.7. The number of nitrogens with one attached hydrogen (secondary N) is 3. The van der Waals surface area contributed by atoms with Crippen LogP contribution in [0.5, 0.6) is 11.5 Å². The van der Waals surface area contributed by atoms with Crippen molar-refractivity contribution in [3.8, 4) is 11.5 Å². The second kappa shape index (κ2) is 11.9. The molecule has 0 radical (unpaired) electrons. The predicted molar refractivity (Wildman–Crippen MR) is 151 cm³/mol. The number of amides is 3. The van der Waals surface area contributed by atoms with Crippen LogP contribution < -0.4 is 25.5 Å². The Morgan fingerprint density at radius 3 is 2.26 bits per heavy atom. The van der Waals surface area contributed by atoms with E-state index in [9.17, 15) is 14.4 Å². The molecule has 0 spiro atoms. The molecule has 0 bridgehead atoms. The number of methoxy groups -OCH3 is 2. The fourth-order valence-corrected chi connectivity index (χ4v) is 4.49. The smallest absolute Gasteiger partial charge is 0.328 e. The van der Waals surface area contributed by atoms with Crippen molar-refractivity contribution < 1.29 is 23.9 Å². The molecule has 0 atom stereocenters. The van der Waals surface area contributed by atoms with E-state index in [1.54, 1.807) is 44.6 Å². The molecular weight excluding hydrogens is 520 g/mol. The molecule has 0 saturated carbocycles. The van der Waals surface area contributed by atoms with Crippen molar-refractivity contribution in [2.45, 2.75) is 20.3 Å². The molecule has 39 heavy (non-hydrogen) atoms. The highest BCUT2D eigenvalue weighted by molar-refractivity contribution is 6.38. The highest BCUT2D eigenvalue weighted by Gasteiger charge is 2.21. The van der Waals surface area contributed by atoms with Gasteiger partial charge in [-0.05, 0) is 85.5 Å². The zero-order chi connectivity index (χ0) is 28.1. The summed E-state index contributed by atoms with van der Waals surface area (Å²) < 4.78 is 11.8. The van der Waals surface area contributed by atoms with Crippen LogP contribution in [-0.2, 0) is 16.0 Å². The number of anilines is 1. The third-order valence-electron chi connectivity index (χ3n) is 6.04. The number of fused-ring (bicyclic) bond motifs is 1. The van der Waals surface area contributed by atoms with Crippen LogP contribution in [-0.4, -0.2) is 43.2 Å². The van der Waals surface area contributed by atoms with Crippen LogP contribution >= 0.6 is 11.6 Å². The molecule has 1 aromatic heterocycles. The summed E-state index contributed by atoms with van der Waals surface area (Å²) >= 11 is 6.15. The van der Waals surface area contributed by atoms with Crippen molar-refractivity contribution in [2.75, 3.05) is 31.5 Å². The lowest BCUT2D eigenvalue weighted by atomic mass is 10.1. The van der Waals surface area contributed by atoms with Gasteiger partial charge in [0.2, 0.25) is 0 Å². The normalized spacial score (nSPS) is 10.7. The first-order chi connectivity index (χ1) is 18.7. The summed E-state index contributed by atoms with van der Waals surface area (Å²) in [6.07, 6.45) is 0.466. The molecule has 0 aliphatic heterocycles. The van der Waals surface area contributed by atoms with E-state index >= 15 is 0 Å². The number of aryl methyl sites for hydroxylation is 2. The van der Waals surface area contributed by atoms with Crippen LogP contribution in [0.3, 0.4) is 0 Å². The monoisotopic (exact) mass is 548 g/mol. The van der Waals surface area contributed by atoms with Gasteiger partial charge >= 0.3 is 11.8 Å². The lowest BCUT2D eigenvalue weighted by molar-refractivity contribution is -0.136. The Kier molecular flexibility index (Phi) is 8.41. The molecule has 9 nitrogen and oxygen atoms in total. The van der Waals surface area contributed by atoms with E-state index in [1.807, 2.05) is 44.2 Å². The van der Waals surface area contributed by atoms with Crippen LogP contribution in [0.2, 0.25) is 5.02 Å². The Morgan fingerprint density at radius 2 is 1.56 bits per heavy atom. The number of halogens is 1. The Labute approximate surface area is 231 Å². The maximum absolute atomic E-state index is 13.3. The number of benzene rings is 3. The summed E-state index contributed by atoms with van der Waals surface area (Å²) in [5.41, 5.74) is 6.70. The minimum absolute atomic E-state index is 0.137. The molecule has 0 saturated heterocycles. The second-order valence-corrected chi connectivity index (χ2v) is 9.47. The molecule has 0 fully saturated rings. The Hall–Kier alpha value is -4.50. The number of hydrogen-bond donors (Lipinski definition) is 3. The quantitative estimate of drug-likeness (QED) is 0.278. The van der Waals surface area contributed by atoms with E-state index in [0.29, 0.717) is 39.5 Å². The van der Waals surface area contributed by atoms with Gasteiger partial charge in [0.15, 0.2) is 11.5 Å². The van der Waals surface area contributed by atoms with Gasteiger partial charge in [-0.1, -0.05) is 23.7 Å². The maximum Gasteiger partial charge on any atom is 0.328 e. The van der Waals surface area contributed by atoms with E-state index < -0.39 is 17.7 Å². The van der Waals surface area contributed by atoms with E-state index in [2.05, 4.69) is 16.1 Å². The fraction of sp³-hybridized carbons (Fsp3) is 0.207. The fourth-order valence-electron chi connectivity index (χ4n) is 4.30. The van der Waals surface area contributed by atoms with E-state index in [0.717, 1.165) is 16.7 Å². The molecule has 0 unspecified atom stereocenters. The van der Waals surface area contributed by atoms with Crippen molar-refractivity contribution in [1.29, 1.82) is 0 Å². The van der Waals surface area contributed by atoms with Crippen LogP contribution in [0.4, 0.5) is 5.69 Å². The molecule has 3 N–H and O–H groups in total. The summed E-state index contributed by atoms with van der Waals surface area (Å²) in [5.74, 6) is -1.05. The van der Waals surface area contributed by atoms with Crippen molar-refractivity contribution >= 4 is 45.9 Å². The third kappa shape index (κ3) is 6.50. The van der Waals surface area contributed by atoms with Crippen molar-refractivity contribution in [3.63, 3.8) is 0 Å². The molecular formula is C29H29ClN4O5. The van der Waals surface area contributed by atoms with Gasteiger partial charge in [-0.15, -0.1) is 0 Å². The molecule has 202 valence electrons. The van der Waals surface area contributed by atoms with Crippen LogP contribution in [0.25, 0.3) is 10.9 Å². The van der Waals surface area contributed by atoms with E-state index in [1.165, 1.54) is 4.68 Å². The minimum Gasteiger partial charge on any atom is -0.493 e. The van der Waals surface area contributed by atoms with Gasteiger partial charge in [-0.2, -0.15) is 0 Å². The van der Waals surface area contributed by atoms with Gasteiger partial charge in [-0.25, -0.2) is 4.68 Å². The third-order valence-corrected chi connectivity index (χ3v) is 6.28. The molecule has 3 amide bonds. The average Bonchev–Trinajstić information content (AvgIpc) is 3.25. The highest BCUT2D eigenvalue weighted by atomic mass is 35.5. The Bertz CT molecular complexity index is 1540. The number of hydrogen-bond acceptors (Lipinski definition) is 5. The van der Waals surface area contributed by atoms with Crippen LogP contribution in [0.1, 0.15) is 27.2 Å². The maximum atomic E-state index is 13.3. The molecule has 0 aliphatic rings. The summed E-state index contributed by atoms with van der Waals surface area (Å²) in [7, 11) is 3.10. The first-order valence-electron chi connectivity index (χ1n) is 12.2. The van der Waals surface area contributed by atoms with Gasteiger partial charge in [0.1, 0.15) is 5.69 Å². The summed E-state index contributed by atoms with van der Waals surface area (Å²) in [6, 6.07) is 17.7. The van der Waals surface area contributed by atoms with Crippen molar-refractivity contribution in [1.82, 2.24) is 9.99 Å². The van der Waals surface area contributed by atoms with Gasteiger partial charge in [-0.3, -0.25) is 19.8 Å². The number of rotatable bonds is 8. The minimum atomic E-state index is -0.921. The summed E-state index contributed by atoms with van der Waals surface area (Å²) in [6.45, 7) is 4.08. The zero-order valence-electron chi connectivity index (χ0n) is 22.1. The topological polar surface area (TPSA) is 111 Å². The Morgan fingerprint density at radius 1 is 0.846 bits per heavy atom. The predicted octanol–water partition coefficient (Wildman–Crippen LogP) is 4.61. The molecule has 3 aromatic carbocycles. The lowest BCUT2D eigenvalue weighted by Crippen LogP contribution is -2.40. The Balaban J connectivity index is 1.49. The molecule has 10 heteroatoms. The first-order valence-corrected chi connectivity index (χ1v) is 12.6. The zero-order valence-corrected chi connectivity index (χ0v) is 22.8. The van der Waals surface area contributed by atoms with Crippen LogP contribution in [0.15, 0.2) is 60.7 Å². The SMILES string of the molecule is COc1ccc(CCNC(=O)C(=O)Nn2c(C(=O)Nc3cc(C)cc(C)c3)cc3cc(Cl)ccc32)cc1OC. The van der Waals surface area contributed by atoms with Crippen molar-refractivity contribution in [3.05, 3.63) is 88.1 Å². The lowest BCUT2D eigenvalue weighted by Gasteiger charge is -2.13. The van der Waals surface area contributed by atoms with Gasteiger partial charge in [0.05, 0.1) is 19.7 Å². The largest absolute Gasteiger partial charge is 0.493 e. The molecule has 1 heterocycles. The van der Waals surface area contributed by atoms with Gasteiger partial charge in [0, 0.05) is 22.6 Å². The molecule has 4 aromatic rings. The van der Waals surface area contributed by atoms with E-state index in [4.69, 9.17) is 21.1 Å². The molecule has 0 aliphatic carbocycles.